The predicted molar refractivity (Wildman–Crippen MR) is 142 cm³/mol. The van der Waals surface area contributed by atoms with Crippen molar-refractivity contribution in [3.8, 4) is 11.5 Å². The number of carbonyl (C=O) groups excluding carboxylic acids is 2. The molecule has 1 atom stereocenters. The van der Waals surface area contributed by atoms with E-state index < -0.39 is 5.97 Å². The number of nitrogens with one attached hydrogen (secondary N) is 1. The number of anilines is 1. The highest BCUT2D eigenvalue weighted by molar-refractivity contribution is 9.10. The van der Waals surface area contributed by atoms with E-state index in [4.69, 9.17) is 9.47 Å². The van der Waals surface area contributed by atoms with Crippen LogP contribution in [0.15, 0.2) is 58.6 Å². The summed E-state index contributed by atoms with van der Waals surface area (Å²) >= 11 is 3.68. The number of hydrogen-bond donors (Lipinski definition) is 1. The second-order valence-electron chi connectivity index (χ2n) is 9.97. The zero-order chi connectivity index (χ0) is 24.9. The summed E-state index contributed by atoms with van der Waals surface area (Å²) in [5.74, 6) is 0.554. The molecule has 0 saturated heterocycles. The molecule has 1 aliphatic heterocycles. The fourth-order valence-corrected chi connectivity index (χ4v) is 5.90. The number of ketones is 1. The molecule has 35 heavy (non-hydrogen) atoms. The third kappa shape index (κ3) is 4.25. The first-order valence-electron chi connectivity index (χ1n) is 11.9. The van der Waals surface area contributed by atoms with Gasteiger partial charge in [0.25, 0.3) is 0 Å². The second-order valence-corrected chi connectivity index (χ2v) is 10.8. The first-order chi connectivity index (χ1) is 16.7. The van der Waals surface area contributed by atoms with E-state index in [1.807, 2.05) is 25.1 Å². The molecule has 0 fully saturated rings. The molecule has 1 aliphatic carbocycles. The number of Topliss-reactive ketones (excluding diaryl/α,β-unsaturated/α-hetero) is 1. The monoisotopic (exact) mass is 533 g/mol. The Balaban J connectivity index is 1.74. The van der Waals surface area contributed by atoms with Crippen LogP contribution in [-0.2, 0) is 9.59 Å². The van der Waals surface area contributed by atoms with Gasteiger partial charge in [0.05, 0.1) is 12.6 Å². The van der Waals surface area contributed by atoms with Crippen molar-refractivity contribution in [2.24, 2.45) is 5.41 Å². The minimum atomic E-state index is -0.420. The van der Waals surface area contributed by atoms with Crippen LogP contribution in [-0.4, -0.2) is 18.4 Å². The lowest BCUT2D eigenvalue weighted by molar-refractivity contribution is -0.132. The van der Waals surface area contributed by atoms with Crippen LogP contribution in [0.2, 0.25) is 0 Å². The number of rotatable bonds is 4. The van der Waals surface area contributed by atoms with Gasteiger partial charge in [-0.15, -0.1) is 0 Å². The molecule has 3 aromatic rings. The quantitative estimate of drug-likeness (QED) is 0.283. The van der Waals surface area contributed by atoms with Gasteiger partial charge in [-0.25, -0.2) is 0 Å². The summed E-state index contributed by atoms with van der Waals surface area (Å²) in [6.45, 7) is 7.98. The van der Waals surface area contributed by atoms with E-state index in [2.05, 4.69) is 59.4 Å². The standard InChI is InChI=1S/C29H28BrNO4/c1-5-34-24-12-19(21(30)13-25(24)35-16(2)32)28-27-20(14-29(3,4)15-23(27)33)26-18-9-7-6-8-17(18)10-11-22(26)31-28/h6-13,28,31H,5,14-15H2,1-4H3. The summed E-state index contributed by atoms with van der Waals surface area (Å²) in [5.41, 5.74) is 4.77. The van der Waals surface area contributed by atoms with Gasteiger partial charge in [-0.2, -0.15) is 0 Å². The molecule has 180 valence electrons. The minimum absolute atomic E-state index is 0.126. The molecule has 5 rings (SSSR count). The van der Waals surface area contributed by atoms with Crippen LogP contribution in [0.1, 0.15) is 57.7 Å². The van der Waals surface area contributed by atoms with Crippen molar-refractivity contribution in [2.75, 3.05) is 11.9 Å². The molecular formula is C29H28BrNO4. The molecule has 0 aromatic heterocycles. The molecule has 0 amide bonds. The molecule has 1 heterocycles. The molecular weight excluding hydrogens is 506 g/mol. The third-order valence-electron chi connectivity index (χ3n) is 6.67. The number of halogens is 1. The van der Waals surface area contributed by atoms with E-state index in [9.17, 15) is 9.59 Å². The highest BCUT2D eigenvalue weighted by Crippen LogP contribution is 2.53. The van der Waals surface area contributed by atoms with E-state index in [0.717, 1.165) is 49.6 Å². The Morgan fingerprint density at radius 2 is 1.89 bits per heavy atom. The van der Waals surface area contributed by atoms with Gasteiger partial charge in [0, 0.05) is 34.6 Å². The molecule has 1 unspecified atom stereocenters. The highest BCUT2D eigenvalue weighted by Gasteiger charge is 2.41. The Bertz CT molecular complexity index is 1410. The maximum absolute atomic E-state index is 13.7. The topological polar surface area (TPSA) is 64.6 Å². The average Bonchev–Trinajstić information content (AvgIpc) is 2.78. The van der Waals surface area contributed by atoms with E-state index in [0.29, 0.717) is 24.5 Å². The van der Waals surface area contributed by atoms with Crippen molar-refractivity contribution >= 4 is 49.7 Å². The highest BCUT2D eigenvalue weighted by atomic mass is 79.9. The van der Waals surface area contributed by atoms with Gasteiger partial charge in [0.1, 0.15) is 0 Å². The lowest BCUT2D eigenvalue weighted by Crippen LogP contribution is -2.33. The average molecular weight is 534 g/mol. The van der Waals surface area contributed by atoms with Gasteiger partial charge >= 0.3 is 5.97 Å². The van der Waals surface area contributed by atoms with Gasteiger partial charge in [-0.05, 0) is 58.9 Å². The van der Waals surface area contributed by atoms with Gasteiger partial charge in [0.15, 0.2) is 17.3 Å². The third-order valence-corrected chi connectivity index (χ3v) is 7.35. The molecule has 0 bridgehead atoms. The first kappa shape index (κ1) is 23.6. The fourth-order valence-electron chi connectivity index (χ4n) is 5.35. The number of allylic oxidation sites excluding steroid dienone is 1. The molecule has 0 saturated carbocycles. The number of carbonyl (C=O) groups is 2. The first-order valence-corrected chi connectivity index (χ1v) is 12.7. The Labute approximate surface area is 213 Å². The van der Waals surface area contributed by atoms with E-state index >= 15 is 0 Å². The van der Waals surface area contributed by atoms with Crippen LogP contribution in [0.5, 0.6) is 11.5 Å². The summed E-state index contributed by atoms with van der Waals surface area (Å²) in [7, 11) is 0. The Kier molecular flexibility index (Phi) is 5.96. The van der Waals surface area contributed by atoms with Gasteiger partial charge in [0.2, 0.25) is 0 Å². The van der Waals surface area contributed by atoms with E-state index in [1.165, 1.54) is 6.92 Å². The normalized spacial score (nSPS) is 18.5. The largest absolute Gasteiger partial charge is 0.490 e. The molecule has 2 aliphatic rings. The van der Waals surface area contributed by atoms with Crippen molar-refractivity contribution in [3.05, 3.63) is 69.7 Å². The maximum atomic E-state index is 13.7. The van der Waals surface area contributed by atoms with Gasteiger partial charge in [-0.1, -0.05) is 60.1 Å². The molecule has 0 spiro atoms. The summed E-state index contributed by atoms with van der Waals surface area (Å²) in [5, 5.41) is 5.96. The summed E-state index contributed by atoms with van der Waals surface area (Å²) in [6.07, 6.45) is 1.31. The van der Waals surface area contributed by atoms with Crippen LogP contribution in [0.25, 0.3) is 16.3 Å². The molecule has 5 nitrogen and oxygen atoms in total. The number of esters is 1. The van der Waals surface area contributed by atoms with Gasteiger partial charge < -0.3 is 14.8 Å². The molecule has 6 heteroatoms. The zero-order valence-corrected chi connectivity index (χ0v) is 21.9. The van der Waals surface area contributed by atoms with Crippen molar-refractivity contribution in [1.82, 2.24) is 0 Å². The molecule has 3 aromatic carbocycles. The van der Waals surface area contributed by atoms with Crippen LogP contribution in [0.3, 0.4) is 0 Å². The van der Waals surface area contributed by atoms with Crippen molar-refractivity contribution in [2.45, 2.75) is 46.6 Å². The summed E-state index contributed by atoms with van der Waals surface area (Å²) in [6, 6.07) is 15.8. The minimum Gasteiger partial charge on any atom is -0.490 e. The number of benzene rings is 3. The van der Waals surface area contributed by atoms with Crippen molar-refractivity contribution < 1.29 is 19.1 Å². The lowest BCUT2D eigenvalue weighted by atomic mass is 9.68. The van der Waals surface area contributed by atoms with E-state index in [1.54, 1.807) is 6.07 Å². The number of hydrogen-bond acceptors (Lipinski definition) is 5. The summed E-state index contributed by atoms with van der Waals surface area (Å²) < 4.78 is 11.9. The Morgan fingerprint density at radius 3 is 2.63 bits per heavy atom. The smallest absolute Gasteiger partial charge is 0.308 e. The van der Waals surface area contributed by atoms with E-state index in [-0.39, 0.29) is 17.2 Å². The Hall–Kier alpha value is -3.12. The second kappa shape index (κ2) is 8.83. The van der Waals surface area contributed by atoms with Crippen LogP contribution >= 0.6 is 15.9 Å². The molecule has 1 N–H and O–H groups in total. The van der Waals surface area contributed by atoms with Crippen molar-refractivity contribution in [1.29, 1.82) is 0 Å². The van der Waals surface area contributed by atoms with Crippen LogP contribution in [0, 0.1) is 5.41 Å². The van der Waals surface area contributed by atoms with Crippen LogP contribution < -0.4 is 14.8 Å². The Morgan fingerprint density at radius 1 is 1.11 bits per heavy atom. The summed E-state index contributed by atoms with van der Waals surface area (Å²) in [4.78, 5) is 25.3. The fraction of sp³-hybridized carbons (Fsp3) is 0.310. The zero-order valence-electron chi connectivity index (χ0n) is 20.3. The lowest BCUT2D eigenvalue weighted by Gasteiger charge is -2.40. The number of fused-ring (bicyclic) bond motifs is 4. The molecule has 0 radical (unpaired) electrons. The van der Waals surface area contributed by atoms with Crippen LogP contribution in [0.4, 0.5) is 5.69 Å². The maximum Gasteiger partial charge on any atom is 0.308 e. The van der Waals surface area contributed by atoms with Crippen molar-refractivity contribution in [3.63, 3.8) is 0 Å². The predicted octanol–water partition coefficient (Wildman–Crippen LogP) is 7.24. The number of ether oxygens (including phenoxy) is 2. The van der Waals surface area contributed by atoms with Gasteiger partial charge in [-0.3, -0.25) is 9.59 Å². The SMILES string of the molecule is CCOc1cc(C2Nc3ccc4ccccc4c3C3=C2C(=O)CC(C)(C)C3)c(Br)cc1OC(C)=O.